The molecule has 1 heterocycles. The fraction of sp³-hybridized carbons (Fsp3) is 0.615. The Balaban J connectivity index is 1.26. The molecule has 35 heavy (non-hydrogen) atoms. The van der Waals surface area contributed by atoms with Gasteiger partial charge in [-0.25, -0.2) is 9.48 Å². The molecule has 1 N–H and O–H groups in total. The molecule has 3 aliphatic rings. The minimum Gasteiger partial charge on any atom is -0.490 e. The highest BCUT2D eigenvalue weighted by molar-refractivity contribution is 5.70. The van der Waals surface area contributed by atoms with Crippen LogP contribution in [-0.2, 0) is 16.1 Å². The van der Waals surface area contributed by atoms with Crippen LogP contribution in [0.15, 0.2) is 24.3 Å². The number of benzene rings is 1. The van der Waals surface area contributed by atoms with E-state index < -0.39 is 5.97 Å². The standard InChI is InChI=1S/C26H34N4O5/c1-29(19-6-2-3-7-19)26(33)34-16-23-24(27-28-30(23)20-11-12-20)17-9-13-21(14-10-17)35-22-8-4-5-18(15-22)25(31)32/h9-10,13-14,18-20,22H,2-8,11-12,15-16H2,1H3,(H,31,32)/t18-,22-/m0/s1. The van der Waals surface area contributed by atoms with Gasteiger partial charge in [-0.15, -0.1) is 5.10 Å². The number of aromatic nitrogens is 3. The molecule has 0 spiro atoms. The Labute approximate surface area is 205 Å². The maximum Gasteiger partial charge on any atom is 0.410 e. The third kappa shape index (κ3) is 5.44. The summed E-state index contributed by atoms with van der Waals surface area (Å²) in [6.07, 6.45) is 9.08. The van der Waals surface area contributed by atoms with Gasteiger partial charge in [0.15, 0.2) is 0 Å². The van der Waals surface area contributed by atoms with Crippen molar-refractivity contribution >= 4 is 12.1 Å². The van der Waals surface area contributed by atoms with Gasteiger partial charge in [-0.1, -0.05) is 18.1 Å². The fourth-order valence-corrected chi connectivity index (χ4v) is 5.32. The van der Waals surface area contributed by atoms with Crippen LogP contribution < -0.4 is 4.74 Å². The van der Waals surface area contributed by atoms with Gasteiger partial charge in [0.2, 0.25) is 0 Å². The Kier molecular flexibility index (Phi) is 6.92. The van der Waals surface area contributed by atoms with Gasteiger partial charge in [0.25, 0.3) is 0 Å². The van der Waals surface area contributed by atoms with E-state index in [0.29, 0.717) is 30.3 Å². The average molecular weight is 483 g/mol. The van der Waals surface area contributed by atoms with Crippen LogP contribution in [0.5, 0.6) is 5.75 Å². The number of rotatable bonds is 8. The molecule has 0 radical (unpaired) electrons. The van der Waals surface area contributed by atoms with E-state index in [1.54, 1.807) is 4.90 Å². The molecule has 9 nitrogen and oxygen atoms in total. The molecule has 0 aliphatic heterocycles. The monoisotopic (exact) mass is 482 g/mol. The van der Waals surface area contributed by atoms with Crippen LogP contribution in [0, 0.1) is 5.92 Å². The summed E-state index contributed by atoms with van der Waals surface area (Å²) >= 11 is 0. The molecule has 1 aromatic heterocycles. The molecular weight excluding hydrogens is 448 g/mol. The zero-order chi connectivity index (χ0) is 24.4. The fourth-order valence-electron chi connectivity index (χ4n) is 5.32. The van der Waals surface area contributed by atoms with E-state index in [9.17, 15) is 14.7 Å². The zero-order valence-electron chi connectivity index (χ0n) is 20.3. The van der Waals surface area contributed by atoms with Crippen molar-refractivity contribution in [3.63, 3.8) is 0 Å². The molecule has 3 fully saturated rings. The van der Waals surface area contributed by atoms with Crippen molar-refractivity contribution in [2.45, 2.75) is 89.0 Å². The maximum absolute atomic E-state index is 12.7. The lowest BCUT2D eigenvalue weighted by molar-refractivity contribution is -0.143. The minimum atomic E-state index is -0.741. The van der Waals surface area contributed by atoms with Gasteiger partial charge in [0.1, 0.15) is 23.7 Å². The Morgan fingerprint density at radius 3 is 2.49 bits per heavy atom. The van der Waals surface area contributed by atoms with E-state index in [2.05, 4.69) is 10.3 Å². The normalized spacial score (nSPS) is 22.7. The molecule has 2 atom stereocenters. The van der Waals surface area contributed by atoms with Gasteiger partial charge < -0.3 is 19.5 Å². The van der Waals surface area contributed by atoms with Crippen molar-refractivity contribution in [1.82, 2.24) is 19.9 Å². The largest absolute Gasteiger partial charge is 0.490 e. The van der Waals surface area contributed by atoms with Crippen LogP contribution in [0.4, 0.5) is 4.79 Å². The van der Waals surface area contributed by atoms with Crippen molar-refractivity contribution in [2.75, 3.05) is 7.05 Å². The number of ether oxygens (including phenoxy) is 2. The summed E-state index contributed by atoms with van der Waals surface area (Å²) in [7, 11) is 1.82. The van der Waals surface area contributed by atoms with E-state index in [0.717, 1.165) is 62.6 Å². The lowest BCUT2D eigenvalue weighted by Gasteiger charge is -2.27. The second-order valence-electron chi connectivity index (χ2n) is 10.1. The summed E-state index contributed by atoms with van der Waals surface area (Å²) in [6, 6.07) is 8.22. The molecule has 1 amide bonds. The Morgan fingerprint density at radius 1 is 1.06 bits per heavy atom. The number of carbonyl (C=O) groups is 2. The number of carboxylic acid groups (broad SMARTS) is 1. The van der Waals surface area contributed by atoms with Crippen LogP contribution in [0.3, 0.4) is 0 Å². The predicted molar refractivity (Wildman–Crippen MR) is 128 cm³/mol. The lowest BCUT2D eigenvalue weighted by atomic mass is 9.87. The Hall–Kier alpha value is -3.10. The number of carbonyl (C=O) groups excluding carboxylic acids is 1. The molecular formula is C26H34N4O5. The number of nitrogens with zero attached hydrogens (tertiary/aromatic N) is 4. The first-order valence-electron chi connectivity index (χ1n) is 12.8. The van der Waals surface area contributed by atoms with Gasteiger partial charge in [0.05, 0.1) is 18.1 Å². The van der Waals surface area contributed by atoms with E-state index in [1.807, 2.05) is 36.0 Å². The van der Waals surface area contributed by atoms with Crippen molar-refractivity contribution in [1.29, 1.82) is 0 Å². The van der Waals surface area contributed by atoms with Crippen LogP contribution in [0.1, 0.15) is 75.9 Å². The molecule has 2 aromatic rings. The number of hydrogen-bond donors (Lipinski definition) is 1. The second kappa shape index (κ2) is 10.3. The van der Waals surface area contributed by atoms with Crippen LogP contribution >= 0.6 is 0 Å². The molecule has 0 saturated heterocycles. The lowest BCUT2D eigenvalue weighted by Crippen LogP contribution is -2.35. The topological polar surface area (TPSA) is 107 Å². The third-order valence-corrected chi connectivity index (χ3v) is 7.58. The molecule has 0 unspecified atom stereocenters. The minimum absolute atomic E-state index is 0.0849. The quantitative estimate of drug-likeness (QED) is 0.575. The van der Waals surface area contributed by atoms with E-state index in [-0.39, 0.29) is 30.8 Å². The molecule has 188 valence electrons. The van der Waals surface area contributed by atoms with Crippen LogP contribution in [0.25, 0.3) is 11.3 Å². The van der Waals surface area contributed by atoms with E-state index in [1.165, 1.54) is 0 Å². The smallest absolute Gasteiger partial charge is 0.410 e. The molecule has 3 aliphatic carbocycles. The predicted octanol–water partition coefficient (Wildman–Crippen LogP) is 4.81. The first kappa shape index (κ1) is 23.6. The van der Waals surface area contributed by atoms with Gasteiger partial charge in [0, 0.05) is 18.7 Å². The van der Waals surface area contributed by atoms with Crippen LogP contribution in [-0.4, -0.2) is 56.3 Å². The summed E-state index contributed by atoms with van der Waals surface area (Å²) in [5, 5.41) is 18.1. The van der Waals surface area contributed by atoms with E-state index >= 15 is 0 Å². The Bertz CT molecular complexity index is 1040. The zero-order valence-corrected chi connectivity index (χ0v) is 20.3. The summed E-state index contributed by atoms with van der Waals surface area (Å²) in [6.45, 7) is 0.131. The molecule has 3 saturated carbocycles. The van der Waals surface area contributed by atoms with Crippen molar-refractivity contribution < 1.29 is 24.2 Å². The van der Waals surface area contributed by atoms with Crippen molar-refractivity contribution in [2.24, 2.45) is 5.92 Å². The SMILES string of the molecule is CN(C(=O)OCc1c(-c2ccc(O[C@H]3CCC[C@H](C(=O)O)C3)cc2)nnn1C1CC1)C1CCCC1. The third-order valence-electron chi connectivity index (χ3n) is 7.58. The molecule has 9 heteroatoms. The number of carboxylic acids is 1. The average Bonchev–Trinajstić information content (AvgIpc) is 3.39. The highest BCUT2D eigenvalue weighted by atomic mass is 16.6. The number of amides is 1. The summed E-state index contributed by atoms with van der Waals surface area (Å²) in [5.41, 5.74) is 2.40. The molecule has 5 rings (SSSR count). The van der Waals surface area contributed by atoms with Gasteiger partial charge in [-0.3, -0.25) is 4.79 Å². The number of aliphatic carboxylic acids is 1. The summed E-state index contributed by atoms with van der Waals surface area (Å²) < 4.78 is 13.7. The first-order valence-corrected chi connectivity index (χ1v) is 12.8. The summed E-state index contributed by atoms with van der Waals surface area (Å²) in [5.74, 6) is -0.357. The number of hydrogen-bond acceptors (Lipinski definition) is 6. The highest BCUT2D eigenvalue weighted by Crippen LogP contribution is 2.38. The second-order valence-corrected chi connectivity index (χ2v) is 10.1. The maximum atomic E-state index is 12.7. The van der Waals surface area contributed by atoms with Gasteiger partial charge in [-0.05, 0) is 75.6 Å². The molecule has 0 bridgehead atoms. The van der Waals surface area contributed by atoms with Crippen molar-refractivity contribution in [3.05, 3.63) is 30.0 Å². The van der Waals surface area contributed by atoms with Crippen LogP contribution in [0.2, 0.25) is 0 Å². The van der Waals surface area contributed by atoms with Crippen molar-refractivity contribution in [3.8, 4) is 17.0 Å². The first-order chi connectivity index (χ1) is 17.0. The van der Waals surface area contributed by atoms with Gasteiger partial charge in [-0.2, -0.15) is 0 Å². The summed E-state index contributed by atoms with van der Waals surface area (Å²) in [4.78, 5) is 25.7. The van der Waals surface area contributed by atoms with E-state index in [4.69, 9.17) is 9.47 Å². The Morgan fingerprint density at radius 2 is 1.80 bits per heavy atom. The molecule has 1 aromatic carbocycles. The highest BCUT2D eigenvalue weighted by Gasteiger charge is 2.31. The van der Waals surface area contributed by atoms with Gasteiger partial charge >= 0.3 is 12.1 Å².